The molecule has 7 heteroatoms. The number of aromatic nitrogens is 6. The van der Waals surface area contributed by atoms with Crippen molar-refractivity contribution < 1.29 is 4.39 Å². The molecular weight excluding hydrogens is 391 g/mol. The molecule has 0 amide bonds. The smallest absolute Gasteiger partial charge is 0.138 e. The number of aryl methyl sites for hydroxylation is 1. The van der Waals surface area contributed by atoms with Gasteiger partial charge in [0.05, 0.1) is 17.4 Å². The molecule has 0 radical (unpaired) electrons. The van der Waals surface area contributed by atoms with Gasteiger partial charge in [-0.1, -0.05) is 18.2 Å². The molecule has 0 saturated heterocycles. The zero-order chi connectivity index (χ0) is 20.9. The van der Waals surface area contributed by atoms with Gasteiger partial charge in [0.25, 0.3) is 0 Å². The molecular formula is C24H17FN6. The number of benzene rings is 2. The SMILES string of the molecule is Cn1cc(-c2ccc3[nH]nc(-c4cc5c(-c6cccc(F)c6)ccnc5[nH]4)c3c2)cn1. The molecule has 6 nitrogen and oxygen atoms in total. The number of halogens is 1. The van der Waals surface area contributed by atoms with E-state index in [0.29, 0.717) is 0 Å². The lowest BCUT2D eigenvalue weighted by atomic mass is 10.0. The van der Waals surface area contributed by atoms with Gasteiger partial charge in [0.2, 0.25) is 0 Å². The van der Waals surface area contributed by atoms with E-state index in [4.69, 9.17) is 0 Å². The van der Waals surface area contributed by atoms with E-state index >= 15 is 0 Å². The van der Waals surface area contributed by atoms with Crippen LogP contribution in [0.1, 0.15) is 0 Å². The van der Waals surface area contributed by atoms with Crippen molar-refractivity contribution in [3.05, 3.63) is 79.0 Å². The van der Waals surface area contributed by atoms with Crippen LogP contribution in [0.5, 0.6) is 0 Å². The molecule has 0 atom stereocenters. The summed E-state index contributed by atoms with van der Waals surface area (Å²) in [6.45, 7) is 0. The Morgan fingerprint density at radius 3 is 2.71 bits per heavy atom. The van der Waals surface area contributed by atoms with Crippen LogP contribution in [0.3, 0.4) is 0 Å². The molecule has 0 aliphatic heterocycles. The summed E-state index contributed by atoms with van der Waals surface area (Å²) in [5.74, 6) is -0.264. The fourth-order valence-electron chi connectivity index (χ4n) is 4.03. The predicted octanol–water partition coefficient (Wildman–Crippen LogP) is 5.31. The second kappa shape index (κ2) is 6.63. The normalized spacial score (nSPS) is 11.5. The van der Waals surface area contributed by atoms with E-state index in [-0.39, 0.29) is 5.82 Å². The topological polar surface area (TPSA) is 75.2 Å². The lowest BCUT2D eigenvalue weighted by molar-refractivity contribution is 0.628. The lowest BCUT2D eigenvalue weighted by Crippen LogP contribution is -1.84. The van der Waals surface area contributed by atoms with Gasteiger partial charge in [-0.2, -0.15) is 10.2 Å². The largest absolute Gasteiger partial charge is 0.338 e. The number of hydrogen-bond acceptors (Lipinski definition) is 3. The van der Waals surface area contributed by atoms with Gasteiger partial charge in [0.1, 0.15) is 17.2 Å². The first kappa shape index (κ1) is 17.6. The van der Waals surface area contributed by atoms with Crippen LogP contribution in [0.25, 0.3) is 55.6 Å². The van der Waals surface area contributed by atoms with Crippen LogP contribution >= 0.6 is 0 Å². The highest BCUT2D eigenvalue weighted by molar-refractivity contribution is 6.00. The number of hydrogen-bond donors (Lipinski definition) is 2. The third-order valence-corrected chi connectivity index (χ3v) is 5.52. The molecule has 6 rings (SSSR count). The quantitative estimate of drug-likeness (QED) is 0.417. The summed E-state index contributed by atoms with van der Waals surface area (Å²) < 4.78 is 15.6. The van der Waals surface area contributed by atoms with Gasteiger partial charge in [-0.25, -0.2) is 9.37 Å². The average molecular weight is 408 g/mol. The van der Waals surface area contributed by atoms with Crippen molar-refractivity contribution in [2.75, 3.05) is 0 Å². The fourth-order valence-corrected chi connectivity index (χ4v) is 4.03. The first-order chi connectivity index (χ1) is 15.2. The Morgan fingerprint density at radius 1 is 0.935 bits per heavy atom. The van der Waals surface area contributed by atoms with Gasteiger partial charge in [0.15, 0.2) is 0 Å². The van der Waals surface area contributed by atoms with Gasteiger partial charge < -0.3 is 4.98 Å². The summed E-state index contributed by atoms with van der Waals surface area (Å²) in [5.41, 5.74) is 7.17. The third-order valence-electron chi connectivity index (χ3n) is 5.52. The second-order valence-corrected chi connectivity index (χ2v) is 7.55. The Hall–Kier alpha value is -4.26. The molecule has 4 heterocycles. The van der Waals surface area contributed by atoms with Crippen LogP contribution in [0.2, 0.25) is 0 Å². The maximum absolute atomic E-state index is 13.8. The van der Waals surface area contributed by atoms with E-state index in [2.05, 4.69) is 37.4 Å². The first-order valence-corrected chi connectivity index (χ1v) is 9.87. The summed E-state index contributed by atoms with van der Waals surface area (Å²) in [5, 5.41) is 13.8. The van der Waals surface area contributed by atoms with Crippen LogP contribution in [-0.4, -0.2) is 29.9 Å². The van der Waals surface area contributed by atoms with Crippen LogP contribution in [0.4, 0.5) is 4.39 Å². The molecule has 4 aromatic heterocycles. The van der Waals surface area contributed by atoms with Crippen LogP contribution in [-0.2, 0) is 7.05 Å². The second-order valence-electron chi connectivity index (χ2n) is 7.55. The Balaban J connectivity index is 1.51. The lowest BCUT2D eigenvalue weighted by Gasteiger charge is -2.02. The van der Waals surface area contributed by atoms with Crippen LogP contribution in [0, 0.1) is 5.82 Å². The molecule has 0 fully saturated rings. The summed E-state index contributed by atoms with van der Waals surface area (Å²) in [6, 6.07) is 16.7. The number of fused-ring (bicyclic) bond motifs is 2. The Kier molecular flexibility index (Phi) is 3.76. The zero-order valence-electron chi connectivity index (χ0n) is 16.6. The molecule has 0 spiro atoms. The molecule has 2 N–H and O–H groups in total. The van der Waals surface area contributed by atoms with Crippen molar-refractivity contribution in [2.45, 2.75) is 0 Å². The highest BCUT2D eigenvalue weighted by atomic mass is 19.1. The molecule has 150 valence electrons. The van der Waals surface area contributed by atoms with E-state index in [1.165, 1.54) is 12.1 Å². The average Bonchev–Trinajstić information content (AvgIpc) is 3.50. The molecule has 0 unspecified atom stereocenters. The summed E-state index contributed by atoms with van der Waals surface area (Å²) in [6.07, 6.45) is 5.56. The van der Waals surface area contributed by atoms with Crippen molar-refractivity contribution in [1.82, 2.24) is 29.9 Å². The minimum Gasteiger partial charge on any atom is -0.338 e. The van der Waals surface area contributed by atoms with Crippen molar-refractivity contribution in [3.8, 4) is 33.6 Å². The molecule has 31 heavy (non-hydrogen) atoms. The number of H-pyrrole nitrogens is 2. The summed E-state index contributed by atoms with van der Waals surface area (Å²) >= 11 is 0. The van der Waals surface area contributed by atoms with Gasteiger partial charge in [-0.15, -0.1) is 0 Å². The fraction of sp³-hybridized carbons (Fsp3) is 0.0417. The molecule has 2 aromatic carbocycles. The molecule has 6 aromatic rings. The molecule has 0 aliphatic carbocycles. The van der Waals surface area contributed by atoms with Crippen molar-refractivity contribution in [2.24, 2.45) is 7.05 Å². The number of rotatable bonds is 3. The molecule has 0 bridgehead atoms. The monoisotopic (exact) mass is 408 g/mol. The number of pyridine rings is 1. The zero-order valence-corrected chi connectivity index (χ0v) is 16.6. The molecule has 0 saturated carbocycles. The van der Waals surface area contributed by atoms with Gasteiger partial charge in [0, 0.05) is 35.8 Å². The Morgan fingerprint density at radius 2 is 1.87 bits per heavy atom. The van der Waals surface area contributed by atoms with Crippen molar-refractivity contribution >= 4 is 21.9 Å². The Labute approximate surface area is 176 Å². The maximum atomic E-state index is 13.8. The number of aromatic amines is 2. The first-order valence-electron chi connectivity index (χ1n) is 9.87. The number of nitrogens with one attached hydrogen (secondary N) is 2. The van der Waals surface area contributed by atoms with Crippen molar-refractivity contribution in [3.63, 3.8) is 0 Å². The minimum atomic E-state index is -0.264. The predicted molar refractivity (Wildman–Crippen MR) is 119 cm³/mol. The Bertz CT molecular complexity index is 1570. The molecule has 0 aliphatic rings. The van der Waals surface area contributed by atoms with Crippen molar-refractivity contribution in [1.29, 1.82) is 0 Å². The van der Waals surface area contributed by atoms with Crippen LogP contribution in [0.15, 0.2) is 73.2 Å². The van der Waals surface area contributed by atoms with E-state index in [1.807, 2.05) is 43.7 Å². The highest BCUT2D eigenvalue weighted by Gasteiger charge is 2.15. The van der Waals surface area contributed by atoms with E-state index in [9.17, 15) is 4.39 Å². The standard InChI is InChI=1S/C24H17FN6/c1-31-13-16(12-27-31)14-5-6-21-20(10-14)23(30-29-21)22-11-19-18(7-8-26-24(19)28-22)15-3-2-4-17(25)9-15/h2-13H,1H3,(H,26,28)(H,29,30). The van der Waals surface area contributed by atoms with Gasteiger partial charge >= 0.3 is 0 Å². The van der Waals surface area contributed by atoms with Crippen LogP contribution < -0.4 is 0 Å². The summed E-state index contributed by atoms with van der Waals surface area (Å²) in [7, 11) is 1.90. The van der Waals surface area contributed by atoms with E-state index in [1.54, 1.807) is 16.9 Å². The van der Waals surface area contributed by atoms with Gasteiger partial charge in [-0.3, -0.25) is 9.78 Å². The van der Waals surface area contributed by atoms with Gasteiger partial charge in [-0.05, 0) is 53.1 Å². The minimum absolute atomic E-state index is 0.264. The van der Waals surface area contributed by atoms with E-state index in [0.717, 1.165) is 55.6 Å². The highest BCUT2D eigenvalue weighted by Crippen LogP contribution is 2.34. The number of nitrogens with zero attached hydrogens (tertiary/aromatic N) is 4. The van der Waals surface area contributed by atoms with E-state index < -0.39 is 0 Å². The maximum Gasteiger partial charge on any atom is 0.138 e. The third kappa shape index (κ3) is 2.90. The summed E-state index contributed by atoms with van der Waals surface area (Å²) in [4.78, 5) is 7.84.